The molecule has 0 saturated heterocycles. The van der Waals surface area contributed by atoms with Crippen molar-refractivity contribution in [3.05, 3.63) is 69.8 Å². The molecule has 0 bridgehead atoms. The smallest absolute Gasteiger partial charge is 0.362 e. The summed E-state index contributed by atoms with van der Waals surface area (Å²) >= 11 is 0. The molecule has 5 nitrogen and oxygen atoms in total. The van der Waals surface area contributed by atoms with Gasteiger partial charge in [0.05, 0.1) is 0 Å². The Morgan fingerprint density at radius 2 is 2.09 bits per heavy atom. The van der Waals surface area contributed by atoms with Crippen LogP contribution in [0.15, 0.2) is 51.8 Å². The van der Waals surface area contributed by atoms with Gasteiger partial charge in [0, 0.05) is 23.7 Å². The number of ether oxygens (including phenoxy) is 1. The molecule has 3 rings (SSSR count). The Labute approximate surface area is 132 Å². The van der Waals surface area contributed by atoms with Crippen LogP contribution in [0.5, 0.6) is 5.75 Å². The van der Waals surface area contributed by atoms with Crippen LogP contribution in [-0.2, 0) is 6.42 Å². The second-order valence-electron chi connectivity index (χ2n) is 5.16. The van der Waals surface area contributed by atoms with E-state index >= 15 is 0 Å². The van der Waals surface area contributed by atoms with E-state index in [2.05, 4.69) is 4.98 Å². The van der Waals surface area contributed by atoms with Crippen LogP contribution in [0.2, 0.25) is 0 Å². The molecule has 0 unspecified atom stereocenters. The Morgan fingerprint density at radius 1 is 1.26 bits per heavy atom. The molecule has 0 spiro atoms. The number of aryl methyl sites for hydroxylation is 2. The molecule has 5 heteroatoms. The fourth-order valence-electron chi connectivity index (χ4n) is 2.40. The molecule has 0 atom stereocenters. The summed E-state index contributed by atoms with van der Waals surface area (Å²) in [7, 11) is 0. The Morgan fingerprint density at radius 3 is 2.78 bits per heavy atom. The summed E-state index contributed by atoms with van der Waals surface area (Å²) < 4.78 is 10.7. The highest BCUT2D eigenvalue weighted by molar-refractivity contribution is 5.90. The zero-order chi connectivity index (χ0) is 16.4. The monoisotopic (exact) mass is 309 g/mol. The van der Waals surface area contributed by atoms with Gasteiger partial charge in [-0.15, -0.1) is 0 Å². The van der Waals surface area contributed by atoms with Crippen molar-refractivity contribution in [3.8, 4) is 5.75 Å². The maximum atomic E-state index is 12.2. The summed E-state index contributed by atoms with van der Waals surface area (Å²) in [5.41, 5.74) is 1.88. The molecule has 116 valence electrons. The van der Waals surface area contributed by atoms with Crippen LogP contribution in [0.1, 0.15) is 28.5 Å². The molecule has 2 aromatic heterocycles. The lowest BCUT2D eigenvalue weighted by Crippen LogP contribution is -2.11. The lowest BCUT2D eigenvalue weighted by Gasteiger charge is -2.10. The second kappa shape index (κ2) is 6.04. The van der Waals surface area contributed by atoms with Gasteiger partial charge in [0.15, 0.2) is 0 Å². The number of carbonyl (C=O) groups excluding carboxylic acids is 1. The van der Waals surface area contributed by atoms with Crippen molar-refractivity contribution in [1.29, 1.82) is 0 Å². The van der Waals surface area contributed by atoms with Crippen molar-refractivity contribution in [2.75, 3.05) is 0 Å². The van der Waals surface area contributed by atoms with Crippen molar-refractivity contribution in [2.24, 2.45) is 0 Å². The summed E-state index contributed by atoms with van der Waals surface area (Å²) in [6.45, 7) is 3.81. The predicted molar refractivity (Wildman–Crippen MR) is 85.8 cm³/mol. The van der Waals surface area contributed by atoms with Gasteiger partial charge < -0.3 is 9.15 Å². The van der Waals surface area contributed by atoms with Gasteiger partial charge in [-0.1, -0.05) is 13.0 Å². The molecule has 0 N–H and O–H groups in total. The number of fused-ring (bicyclic) bond motifs is 1. The summed E-state index contributed by atoms with van der Waals surface area (Å²) in [5, 5.41) is 0.832. The quantitative estimate of drug-likeness (QED) is 0.422. The highest BCUT2D eigenvalue weighted by Crippen LogP contribution is 2.28. The third-order valence-electron chi connectivity index (χ3n) is 3.59. The minimum absolute atomic E-state index is 0.223. The summed E-state index contributed by atoms with van der Waals surface area (Å²) in [5.74, 6) is -0.168. The molecular weight excluding hydrogens is 294 g/mol. The van der Waals surface area contributed by atoms with E-state index in [0.29, 0.717) is 17.8 Å². The normalized spacial score (nSPS) is 10.7. The van der Waals surface area contributed by atoms with E-state index in [4.69, 9.17) is 9.15 Å². The SMILES string of the molecule is CCc1cc2c(C)cc(=O)oc2cc1OC(=O)c1ccccn1. The minimum atomic E-state index is -0.547. The van der Waals surface area contributed by atoms with Gasteiger partial charge in [-0.3, -0.25) is 0 Å². The van der Waals surface area contributed by atoms with Crippen LogP contribution < -0.4 is 10.4 Å². The van der Waals surface area contributed by atoms with Crippen molar-refractivity contribution in [1.82, 2.24) is 4.98 Å². The van der Waals surface area contributed by atoms with Gasteiger partial charge >= 0.3 is 11.6 Å². The molecule has 2 heterocycles. The molecule has 0 aliphatic heterocycles. The fraction of sp³-hybridized carbons (Fsp3) is 0.167. The zero-order valence-corrected chi connectivity index (χ0v) is 12.8. The number of esters is 1. The number of pyridine rings is 1. The summed E-state index contributed by atoms with van der Waals surface area (Å²) in [4.78, 5) is 27.7. The lowest BCUT2D eigenvalue weighted by atomic mass is 10.1. The third-order valence-corrected chi connectivity index (χ3v) is 3.59. The number of rotatable bonds is 3. The first-order valence-electron chi connectivity index (χ1n) is 7.29. The first-order chi connectivity index (χ1) is 11.1. The largest absolute Gasteiger partial charge is 0.423 e. The highest BCUT2D eigenvalue weighted by Gasteiger charge is 2.14. The van der Waals surface area contributed by atoms with Crippen molar-refractivity contribution < 1.29 is 13.9 Å². The number of hydrogen-bond donors (Lipinski definition) is 0. The van der Waals surface area contributed by atoms with Gasteiger partial charge in [-0.05, 0) is 42.7 Å². The van der Waals surface area contributed by atoms with Gasteiger partial charge in [0.2, 0.25) is 0 Å². The van der Waals surface area contributed by atoms with Gasteiger partial charge in [-0.2, -0.15) is 0 Å². The van der Waals surface area contributed by atoms with Gasteiger partial charge in [0.25, 0.3) is 0 Å². The van der Waals surface area contributed by atoms with Crippen molar-refractivity contribution in [2.45, 2.75) is 20.3 Å². The van der Waals surface area contributed by atoms with E-state index in [-0.39, 0.29) is 5.69 Å². The molecule has 0 saturated carbocycles. The molecular formula is C18H15NO4. The Balaban J connectivity index is 2.06. The van der Waals surface area contributed by atoms with Crippen molar-refractivity contribution in [3.63, 3.8) is 0 Å². The topological polar surface area (TPSA) is 69.4 Å². The molecule has 0 aliphatic rings. The van der Waals surface area contributed by atoms with Gasteiger partial charge in [0.1, 0.15) is 17.0 Å². The predicted octanol–water partition coefficient (Wildman–Crippen LogP) is 3.28. The molecule has 0 fully saturated rings. The molecule has 0 radical (unpaired) electrons. The average molecular weight is 309 g/mol. The minimum Gasteiger partial charge on any atom is -0.423 e. The molecule has 0 amide bonds. The fourth-order valence-corrected chi connectivity index (χ4v) is 2.40. The first-order valence-corrected chi connectivity index (χ1v) is 7.29. The van der Waals surface area contributed by atoms with Crippen LogP contribution in [-0.4, -0.2) is 11.0 Å². The summed E-state index contributed by atoms with van der Waals surface area (Å²) in [6.07, 6.45) is 2.21. The molecule has 23 heavy (non-hydrogen) atoms. The van der Waals surface area contributed by atoms with Crippen molar-refractivity contribution >= 4 is 16.9 Å². The Bertz CT molecular complexity index is 929. The van der Waals surface area contributed by atoms with Gasteiger partial charge in [-0.25, -0.2) is 14.6 Å². The number of aromatic nitrogens is 1. The number of benzene rings is 1. The van der Waals surface area contributed by atoms with Crippen LogP contribution in [0.25, 0.3) is 11.0 Å². The summed E-state index contributed by atoms with van der Waals surface area (Å²) in [6, 6.07) is 9.94. The Kier molecular flexibility index (Phi) is 3.93. The first kappa shape index (κ1) is 15.0. The molecule has 1 aromatic carbocycles. The van der Waals surface area contributed by atoms with Crippen LogP contribution in [0.3, 0.4) is 0 Å². The number of nitrogens with zero attached hydrogens (tertiary/aromatic N) is 1. The van der Waals surface area contributed by atoms with E-state index in [1.165, 1.54) is 12.3 Å². The third kappa shape index (κ3) is 2.99. The Hall–Kier alpha value is -2.95. The maximum Gasteiger partial charge on any atom is 0.362 e. The van der Waals surface area contributed by atoms with E-state index in [1.54, 1.807) is 24.3 Å². The van der Waals surface area contributed by atoms with E-state index < -0.39 is 11.6 Å². The lowest BCUT2D eigenvalue weighted by molar-refractivity contribution is 0.0727. The number of hydrogen-bond acceptors (Lipinski definition) is 5. The van der Waals surface area contributed by atoms with E-state index in [0.717, 1.165) is 16.5 Å². The van der Waals surface area contributed by atoms with Crippen LogP contribution in [0, 0.1) is 6.92 Å². The van der Waals surface area contributed by atoms with Crippen LogP contribution in [0.4, 0.5) is 0 Å². The molecule has 3 aromatic rings. The number of carbonyl (C=O) groups is 1. The van der Waals surface area contributed by atoms with Crippen LogP contribution >= 0.6 is 0 Å². The average Bonchev–Trinajstić information content (AvgIpc) is 2.55. The van der Waals surface area contributed by atoms with E-state index in [1.807, 2.05) is 19.9 Å². The maximum absolute atomic E-state index is 12.2. The highest BCUT2D eigenvalue weighted by atomic mass is 16.5. The molecule has 0 aliphatic carbocycles. The van der Waals surface area contributed by atoms with E-state index in [9.17, 15) is 9.59 Å². The standard InChI is InChI=1S/C18H15NO4/c1-3-12-9-13-11(2)8-17(20)22-16(13)10-15(12)23-18(21)14-6-4-5-7-19-14/h4-10H,3H2,1-2H3. The second-order valence-corrected chi connectivity index (χ2v) is 5.16. The zero-order valence-electron chi connectivity index (χ0n) is 12.8.